The summed E-state index contributed by atoms with van der Waals surface area (Å²) < 4.78 is 1.87. The van der Waals surface area contributed by atoms with Crippen LogP contribution in [0, 0.1) is 0 Å². The molecule has 0 bridgehead atoms. The van der Waals surface area contributed by atoms with E-state index in [2.05, 4.69) is 20.5 Å². The van der Waals surface area contributed by atoms with Gasteiger partial charge in [0.25, 0.3) is 0 Å². The largest absolute Gasteiger partial charge is 0.271 e. The number of nitrogens with one attached hydrogen (secondary N) is 1. The lowest BCUT2D eigenvalue weighted by atomic mass is 10.1. The summed E-state index contributed by atoms with van der Waals surface area (Å²) >= 11 is 0. The van der Waals surface area contributed by atoms with Crippen LogP contribution in [0.5, 0.6) is 0 Å². The third-order valence-electron chi connectivity index (χ3n) is 4.47. The molecule has 1 N–H and O–H groups in total. The van der Waals surface area contributed by atoms with Crippen molar-refractivity contribution in [3.05, 3.63) is 66.6 Å². The minimum atomic E-state index is 0.848. The molecular formula is C21H22N6. The minimum absolute atomic E-state index is 0.848. The SMILES string of the molecule is C(=NNC1=NCCCCC1)c1cn(-c2ccccc2)nc1-c1cccnc1. The lowest BCUT2D eigenvalue weighted by molar-refractivity contribution is 0.729. The zero-order valence-corrected chi connectivity index (χ0v) is 15.1. The van der Waals surface area contributed by atoms with Crippen LogP contribution in [0.4, 0.5) is 0 Å². The Balaban J connectivity index is 1.63. The van der Waals surface area contributed by atoms with Crippen LogP contribution in [0.15, 0.2) is 71.1 Å². The van der Waals surface area contributed by atoms with Gasteiger partial charge in [0, 0.05) is 42.7 Å². The van der Waals surface area contributed by atoms with Gasteiger partial charge < -0.3 is 0 Å². The summed E-state index contributed by atoms with van der Waals surface area (Å²) in [4.78, 5) is 8.77. The molecule has 1 aromatic carbocycles. The van der Waals surface area contributed by atoms with Crippen LogP contribution in [0.3, 0.4) is 0 Å². The number of aromatic nitrogens is 3. The maximum absolute atomic E-state index is 4.76. The molecule has 1 aliphatic rings. The first-order chi connectivity index (χ1) is 13.4. The summed E-state index contributed by atoms with van der Waals surface area (Å²) in [5.74, 6) is 0.960. The molecule has 6 nitrogen and oxygen atoms in total. The van der Waals surface area contributed by atoms with Crippen LogP contribution in [-0.4, -0.2) is 33.4 Å². The number of nitrogens with zero attached hydrogens (tertiary/aromatic N) is 5. The van der Waals surface area contributed by atoms with E-state index in [0.29, 0.717) is 0 Å². The number of benzene rings is 1. The van der Waals surface area contributed by atoms with Gasteiger partial charge in [0.15, 0.2) is 0 Å². The summed E-state index contributed by atoms with van der Waals surface area (Å²) in [5.41, 5.74) is 6.84. The van der Waals surface area contributed by atoms with Crippen molar-refractivity contribution in [3.8, 4) is 16.9 Å². The van der Waals surface area contributed by atoms with E-state index in [4.69, 9.17) is 5.10 Å². The van der Waals surface area contributed by atoms with Crippen LogP contribution in [0.1, 0.15) is 31.2 Å². The van der Waals surface area contributed by atoms with Crippen molar-refractivity contribution in [1.29, 1.82) is 0 Å². The van der Waals surface area contributed by atoms with Crippen molar-refractivity contribution < 1.29 is 0 Å². The van der Waals surface area contributed by atoms with Gasteiger partial charge in [-0.05, 0) is 37.1 Å². The van der Waals surface area contributed by atoms with Gasteiger partial charge in [-0.25, -0.2) is 4.68 Å². The highest BCUT2D eigenvalue weighted by molar-refractivity contribution is 5.90. The second kappa shape index (κ2) is 8.40. The van der Waals surface area contributed by atoms with Crippen molar-refractivity contribution in [2.24, 2.45) is 10.1 Å². The van der Waals surface area contributed by atoms with Crippen molar-refractivity contribution in [1.82, 2.24) is 20.2 Å². The average Bonchev–Trinajstić information content (AvgIpc) is 2.98. The third-order valence-corrected chi connectivity index (χ3v) is 4.47. The molecule has 136 valence electrons. The summed E-state index contributed by atoms with van der Waals surface area (Å²) in [7, 11) is 0. The molecule has 0 spiro atoms. The number of aliphatic imine (C=N–C) groups is 1. The number of hydrogen-bond acceptors (Lipinski definition) is 5. The van der Waals surface area contributed by atoms with Crippen molar-refractivity contribution in [2.45, 2.75) is 25.7 Å². The highest BCUT2D eigenvalue weighted by Crippen LogP contribution is 2.21. The number of hydrogen-bond donors (Lipinski definition) is 1. The number of hydrazone groups is 1. The second-order valence-electron chi connectivity index (χ2n) is 6.46. The Hall–Kier alpha value is -3.28. The molecular weight excluding hydrogens is 336 g/mol. The molecule has 0 radical (unpaired) electrons. The number of pyridine rings is 1. The molecule has 1 aliphatic heterocycles. The molecule has 3 heterocycles. The fourth-order valence-corrected chi connectivity index (χ4v) is 3.06. The van der Waals surface area contributed by atoms with Gasteiger partial charge in [-0.1, -0.05) is 24.6 Å². The minimum Gasteiger partial charge on any atom is -0.271 e. The molecule has 0 saturated carbocycles. The number of rotatable bonds is 4. The van der Waals surface area contributed by atoms with E-state index in [1.54, 1.807) is 6.20 Å². The van der Waals surface area contributed by atoms with Gasteiger partial charge in [0.1, 0.15) is 11.5 Å². The first kappa shape index (κ1) is 17.1. The van der Waals surface area contributed by atoms with Crippen LogP contribution in [0.25, 0.3) is 16.9 Å². The van der Waals surface area contributed by atoms with Gasteiger partial charge in [-0.2, -0.15) is 10.2 Å². The Morgan fingerprint density at radius 1 is 1.04 bits per heavy atom. The van der Waals surface area contributed by atoms with E-state index < -0.39 is 0 Å². The van der Waals surface area contributed by atoms with Crippen molar-refractivity contribution in [2.75, 3.05) is 6.54 Å². The number of amidine groups is 1. The van der Waals surface area contributed by atoms with E-state index in [1.165, 1.54) is 6.42 Å². The van der Waals surface area contributed by atoms with Gasteiger partial charge in [-0.3, -0.25) is 15.4 Å². The Morgan fingerprint density at radius 3 is 2.81 bits per heavy atom. The van der Waals surface area contributed by atoms with Crippen LogP contribution >= 0.6 is 0 Å². The van der Waals surface area contributed by atoms with E-state index in [-0.39, 0.29) is 0 Å². The first-order valence-corrected chi connectivity index (χ1v) is 9.28. The first-order valence-electron chi connectivity index (χ1n) is 9.28. The summed E-state index contributed by atoms with van der Waals surface area (Å²) in [5, 5.41) is 9.18. The highest BCUT2D eigenvalue weighted by atomic mass is 15.3. The molecule has 6 heteroatoms. The van der Waals surface area contributed by atoms with Crippen LogP contribution in [-0.2, 0) is 0 Å². The molecule has 3 aromatic rings. The Bertz CT molecular complexity index is 928. The fourth-order valence-electron chi connectivity index (χ4n) is 3.06. The van der Waals surface area contributed by atoms with Crippen molar-refractivity contribution >= 4 is 12.1 Å². The Kier molecular flexibility index (Phi) is 5.34. The van der Waals surface area contributed by atoms with E-state index >= 15 is 0 Å². The molecule has 4 rings (SSSR count). The summed E-state index contributed by atoms with van der Waals surface area (Å²) in [6, 6.07) is 14.0. The quantitative estimate of drug-likeness (QED) is 0.569. The van der Waals surface area contributed by atoms with Gasteiger partial charge in [-0.15, -0.1) is 0 Å². The fraction of sp³-hybridized carbons (Fsp3) is 0.238. The third kappa shape index (κ3) is 4.28. The second-order valence-corrected chi connectivity index (χ2v) is 6.46. The average molecular weight is 358 g/mol. The molecule has 2 aromatic heterocycles. The monoisotopic (exact) mass is 358 g/mol. The van der Waals surface area contributed by atoms with Crippen LogP contribution < -0.4 is 5.43 Å². The topological polar surface area (TPSA) is 67.5 Å². The van der Waals surface area contributed by atoms with Gasteiger partial charge >= 0.3 is 0 Å². The molecule has 0 fully saturated rings. The molecule has 0 amide bonds. The van der Waals surface area contributed by atoms with E-state index in [0.717, 1.165) is 54.2 Å². The molecule has 0 saturated heterocycles. The maximum Gasteiger partial charge on any atom is 0.117 e. The predicted octanol–water partition coefficient (Wildman–Crippen LogP) is 3.83. The molecule has 0 unspecified atom stereocenters. The van der Waals surface area contributed by atoms with E-state index in [9.17, 15) is 0 Å². The summed E-state index contributed by atoms with van der Waals surface area (Å²) in [6.45, 7) is 0.880. The molecule has 0 aliphatic carbocycles. The Labute approximate surface area is 158 Å². The molecule has 27 heavy (non-hydrogen) atoms. The highest BCUT2D eigenvalue weighted by Gasteiger charge is 2.11. The lowest BCUT2D eigenvalue weighted by Crippen LogP contribution is -2.17. The predicted molar refractivity (Wildman–Crippen MR) is 108 cm³/mol. The lowest BCUT2D eigenvalue weighted by Gasteiger charge is -2.02. The Morgan fingerprint density at radius 2 is 1.96 bits per heavy atom. The summed E-state index contributed by atoms with van der Waals surface area (Å²) in [6.07, 6.45) is 11.9. The van der Waals surface area contributed by atoms with Crippen molar-refractivity contribution in [3.63, 3.8) is 0 Å². The zero-order chi connectivity index (χ0) is 18.3. The normalized spacial score (nSPS) is 14.7. The number of para-hydroxylation sites is 1. The zero-order valence-electron chi connectivity index (χ0n) is 15.1. The molecule has 0 atom stereocenters. The van der Waals surface area contributed by atoms with Gasteiger partial charge in [0.2, 0.25) is 0 Å². The van der Waals surface area contributed by atoms with E-state index in [1.807, 2.05) is 65.8 Å². The van der Waals surface area contributed by atoms with Crippen LogP contribution in [0.2, 0.25) is 0 Å². The maximum atomic E-state index is 4.76. The van der Waals surface area contributed by atoms with Gasteiger partial charge in [0.05, 0.1) is 11.9 Å². The standard InChI is InChI=1S/C21H22N6/c1-3-9-19(10-4-1)27-16-18(21(26-27)17-8-7-12-22-14-17)15-24-25-20-11-5-2-6-13-23-20/h1,3-4,7-10,12,14-16H,2,5-6,11,13H2,(H,23,25). The smallest absolute Gasteiger partial charge is 0.117 e.